The van der Waals surface area contributed by atoms with Crippen LogP contribution >= 0.6 is 0 Å². The highest BCUT2D eigenvalue weighted by Crippen LogP contribution is 2.21. The lowest BCUT2D eigenvalue weighted by Crippen LogP contribution is -2.58. The van der Waals surface area contributed by atoms with E-state index < -0.39 is 11.5 Å². The van der Waals surface area contributed by atoms with Crippen molar-refractivity contribution in [2.45, 2.75) is 46.7 Å². The number of hydrogen-bond donors (Lipinski definition) is 1. The van der Waals surface area contributed by atoms with E-state index in [9.17, 15) is 9.59 Å². The molecular formula is C13H24N2O3. The fourth-order valence-corrected chi connectivity index (χ4v) is 1.88. The van der Waals surface area contributed by atoms with E-state index in [1.165, 1.54) is 0 Å². The lowest BCUT2D eigenvalue weighted by atomic mass is 9.93. The van der Waals surface area contributed by atoms with Crippen molar-refractivity contribution in [2.75, 3.05) is 19.8 Å². The Bertz CT molecular complexity index is 321. The molecule has 1 aliphatic heterocycles. The molecule has 0 aromatic heterocycles. The van der Waals surface area contributed by atoms with Crippen molar-refractivity contribution in [3.05, 3.63) is 0 Å². The summed E-state index contributed by atoms with van der Waals surface area (Å²) < 4.78 is 5.32. The summed E-state index contributed by atoms with van der Waals surface area (Å²) in [6.45, 7) is 10.6. The van der Waals surface area contributed by atoms with Crippen molar-refractivity contribution in [3.63, 3.8) is 0 Å². The minimum absolute atomic E-state index is 0.00490. The largest absolute Gasteiger partial charge is 0.377 e. The Hall–Kier alpha value is -1.10. The quantitative estimate of drug-likeness (QED) is 0.794. The number of rotatable bonds is 2. The molecule has 5 nitrogen and oxygen atoms in total. The molecule has 0 bridgehead atoms. The first-order valence-corrected chi connectivity index (χ1v) is 6.42. The predicted octanol–water partition coefficient (Wildman–Crippen LogP) is 0.784. The Morgan fingerprint density at radius 3 is 2.44 bits per heavy atom. The first-order valence-electron chi connectivity index (χ1n) is 6.42. The second-order valence-corrected chi connectivity index (χ2v) is 6.00. The molecule has 104 valence electrons. The number of morpholine rings is 1. The second kappa shape index (κ2) is 5.69. The van der Waals surface area contributed by atoms with Crippen LogP contribution in [-0.4, -0.2) is 48.6 Å². The zero-order chi connectivity index (χ0) is 13.9. The third-order valence-electron chi connectivity index (χ3n) is 2.76. The van der Waals surface area contributed by atoms with Gasteiger partial charge in [-0.3, -0.25) is 9.59 Å². The fraction of sp³-hybridized carbons (Fsp3) is 0.846. The maximum Gasteiger partial charge on any atom is 0.245 e. The topological polar surface area (TPSA) is 58.6 Å². The van der Waals surface area contributed by atoms with Gasteiger partial charge in [0.05, 0.1) is 13.2 Å². The molecule has 1 atom stereocenters. The highest BCUT2D eigenvalue weighted by Gasteiger charge is 2.37. The normalized spacial score (nSPS) is 21.0. The van der Waals surface area contributed by atoms with Gasteiger partial charge in [-0.05, 0) is 13.8 Å². The van der Waals surface area contributed by atoms with E-state index >= 15 is 0 Å². The average Bonchev–Trinajstić information content (AvgIpc) is 2.26. The molecule has 1 heterocycles. The SMILES string of the molecule is CC(C)NC(=O)C1COCCN1C(=O)C(C)(C)C. The molecule has 0 radical (unpaired) electrons. The summed E-state index contributed by atoms with van der Waals surface area (Å²) in [5, 5.41) is 2.84. The molecule has 0 aliphatic carbocycles. The van der Waals surface area contributed by atoms with Crippen molar-refractivity contribution < 1.29 is 14.3 Å². The van der Waals surface area contributed by atoms with E-state index in [0.29, 0.717) is 13.2 Å². The summed E-state index contributed by atoms with van der Waals surface area (Å²) in [6.07, 6.45) is 0. The zero-order valence-corrected chi connectivity index (χ0v) is 11.9. The molecule has 1 fully saturated rings. The number of carbonyl (C=O) groups excluding carboxylic acids is 2. The minimum atomic E-state index is -0.507. The van der Waals surface area contributed by atoms with Gasteiger partial charge in [-0.25, -0.2) is 0 Å². The highest BCUT2D eigenvalue weighted by molar-refractivity contribution is 5.90. The minimum Gasteiger partial charge on any atom is -0.377 e. The third kappa shape index (κ3) is 3.70. The number of hydrogen-bond acceptors (Lipinski definition) is 3. The lowest BCUT2D eigenvalue weighted by molar-refractivity contribution is -0.154. The van der Waals surface area contributed by atoms with Crippen molar-refractivity contribution >= 4 is 11.8 Å². The summed E-state index contributed by atoms with van der Waals surface area (Å²) in [7, 11) is 0. The highest BCUT2D eigenvalue weighted by atomic mass is 16.5. The smallest absolute Gasteiger partial charge is 0.245 e. The van der Waals surface area contributed by atoms with Gasteiger partial charge in [-0.15, -0.1) is 0 Å². The van der Waals surface area contributed by atoms with Gasteiger partial charge in [0.2, 0.25) is 11.8 Å². The number of ether oxygens (including phenoxy) is 1. The molecule has 2 amide bonds. The molecule has 0 saturated carbocycles. The molecule has 1 N–H and O–H groups in total. The molecule has 0 spiro atoms. The fourth-order valence-electron chi connectivity index (χ4n) is 1.88. The van der Waals surface area contributed by atoms with Crippen LogP contribution in [0.4, 0.5) is 0 Å². The van der Waals surface area contributed by atoms with Crippen LogP contribution in [0.25, 0.3) is 0 Å². The molecule has 1 saturated heterocycles. The van der Waals surface area contributed by atoms with Crippen LogP contribution in [0, 0.1) is 5.41 Å². The zero-order valence-electron chi connectivity index (χ0n) is 11.9. The molecule has 1 unspecified atom stereocenters. The van der Waals surface area contributed by atoms with Crippen LogP contribution in [0.3, 0.4) is 0 Å². The van der Waals surface area contributed by atoms with Crippen LogP contribution in [-0.2, 0) is 14.3 Å². The van der Waals surface area contributed by atoms with Crippen LogP contribution in [0.2, 0.25) is 0 Å². The van der Waals surface area contributed by atoms with Gasteiger partial charge in [0.15, 0.2) is 0 Å². The molecule has 5 heteroatoms. The standard InChI is InChI=1S/C13H24N2O3/c1-9(2)14-11(16)10-8-18-7-6-15(10)12(17)13(3,4)5/h9-10H,6-8H2,1-5H3,(H,14,16). The van der Waals surface area contributed by atoms with E-state index in [4.69, 9.17) is 4.74 Å². The van der Waals surface area contributed by atoms with Crippen LogP contribution < -0.4 is 5.32 Å². The summed E-state index contributed by atoms with van der Waals surface area (Å²) in [5.41, 5.74) is -0.478. The summed E-state index contributed by atoms with van der Waals surface area (Å²) in [5.74, 6) is -0.142. The van der Waals surface area contributed by atoms with Crippen molar-refractivity contribution in [2.24, 2.45) is 5.41 Å². The van der Waals surface area contributed by atoms with E-state index in [-0.39, 0.29) is 24.5 Å². The molecule has 0 aromatic carbocycles. The Kier molecular flexibility index (Phi) is 4.73. The predicted molar refractivity (Wildman–Crippen MR) is 69.1 cm³/mol. The van der Waals surface area contributed by atoms with Gasteiger partial charge < -0.3 is 15.0 Å². The van der Waals surface area contributed by atoms with E-state index in [2.05, 4.69) is 5.32 Å². The van der Waals surface area contributed by atoms with Crippen LogP contribution in [0.1, 0.15) is 34.6 Å². The number of nitrogens with zero attached hydrogens (tertiary/aromatic N) is 1. The van der Waals surface area contributed by atoms with Gasteiger partial charge >= 0.3 is 0 Å². The van der Waals surface area contributed by atoms with Crippen LogP contribution in [0.15, 0.2) is 0 Å². The van der Waals surface area contributed by atoms with Gasteiger partial charge in [-0.2, -0.15) is 0 Å². The summed E-state index contributed by atoms with van der Waals surface area (Å²) in [4.78, 5) is 26.0. The Balaban J connectivity index is 2.80. The van der Waals surface area contributed by atoms with Gasteiger partial charge in [0, 0.05) is 18.0 Å². The molecular weight excluding hydrogens is 232 g/mol. The number of nitrogens with one attached hydrogen (secondary N) is 1. The molecule has 1 rings (SSSR count). The van der Waals surface area contributed by atoms with Crippen molar-refractivity contribution in [1.82, 2.24) is 10.2 Å². The van der Waals surface area contributed by atoms with E-state index in [1.807, 2.05) is 34.6 Å². The first kappa shape index (κ1) is 15.0. The monoisotopic (exact) mass is 256 g/mol. The maximum absolute atomic E-state index is 12.3. The number of amides is 2. The first-order chi connectivity index (χ1) is 8.23. The lowest BCUT2D eigenvalue weighted by Gasteiger charge is -2.38. The van der Waals surface area contributed by atoms with Crippen LogP contribution in [0.5, 0.6) is 0 Å². The third-order valence-corrected chi connectivity index (χ3v) is 2.76. The van der Waals surface area contributed by atoms with E-state index in [0.717, 1.165) is 0 Å². The summed E-state index contributed by atoms with van der Waals surface area (Å²) >= 11 is 0. The van der Waals surface area contributed by atoms with Crippen molar-refractivity contribution in [1.29, 1.82) is 0 Å². The van der Waals surface area contributed by atoms with E-state index in [1.54, 1.807) is 4.90 Å². The average molecular weight is 256 g/mol. The Morgan fingerprint density at radius 1 is 1.33 bits per heavy atom. The maximum atomic E-state index is 12.3. The second-order valence-electron chi connectivity index (χ2n) is 6.00. The Morgan fingerprint density at radius 2 is 1.94 bits per heavy atom. The number of carbonyl (C=O) groups is 2. The van der Waals surface area contributed by atoms with Gasteiger partial charge in [0.1, 0.15) is 6.04 Å². The molecule has 18 heavy (non-hydrogen) atoms. The van der Waals surface area contributed by atoms with Gasteiger partial charge in [-0.1, -0.05) is 20.8 Å². The van der Waals surface area contributed by atoms with Gasteiger partial charge in [0.25, 0.3) is 0 Å². The van der Waals surface area contributed by atoms with Crippen molar-refractivity contribution in [3.8, 4) is 0 Å². The molecule has 1 aliphatic rings. The molecule has 0 aromatic rings. The Labute approximate surface area is 109 Å². The summed E-state index contributed by atoms with van der Waals surface area (Å²) in [6, 6.07) is -0.445.